The number of aromatic amines is 1. The van der Waals surface area contributed by atoms with Crippen molar-refractivity contribution in [3.63, 3.8) is 0 Å². The second-order valence-electron chi connectivity index (χ2n) is 5.86. The summed E-state index contributed by atoms with van der Waals surface area (Å²) in [6, 6.07) is 9.52. The number of amides is 2. The summed E-state index contributed by atoms with van der Waals surface area (Å²) in [6.45, 7) is 5.77. The number of hydrogen-bond acceptors (Lipinski definition) is 3. The van der Waals surface area contributed by atoms with E-state index in [4.69, 9.17) is 0 Å². The van der Waals surface area contributed by atoms with E-state index in [0.29, 0.717) is 5.69 Å². The van der Waals surface area contributed by atoms with Crippen LogP contribution in [-0.4, -0.2) is 26.6 Å². The van der Waals surface area contributed by atoms with Crippen molar-refractivity contribution < 1.29 is 9.59 Å². The first kappa shape index (κ1) is 15.8. The third kappa shape index (κ3) is 3.29. The fourth-order valence-electron chi connectivity index (χ4n) is 2.57. The molecule has 0 aliphatic heterocycles. The van der Waals surface area contributed by atoms with E-state index in [0.717, 1.165) is 27.9 Å². The predicted molar refractivity (Wildman–Crippen MR) is 90.3 cm³/mol. The van der Waals surface area contributed by atoms with Crippen molar-refractivity contribution in [3.8, 4) is 0 Å². The van der Waals surface area contributed by atoms with E-state index in [-0.39, 0.29) is 12.5 Å². The molecule has 2 heterocycles. The number of benzene rings is 1. The van der Waals surface area contributed by atoms with Gasteiger partial charge in [0.1, 0.15) is 12.2 Å². The summed E-state index contributed by atoms with van der Waals surface area (Å²) < 4.78 is 1.59. The summed E-state index contributed by atoms with van der Waals surface area (Å²) in [6.07, 6.45) is 0. The van der Waals surface area contributed by atoms with Gasteiger partial charge in [-0.1, -0.05) is 12.1 Å². The van der Waals surface area contributed by atoms with Gasteiger partial charge in [-0.15, -0.1) is 0 Å². The molecular weight excluding hydrogens is 306 g/mol. The first-order valence-electron chi connectivity index (χ1n) is 7.62. The van der Waals surface area contributed by atoms with Crippen molar-refractivity contribution >= 4 is 22.7 Å². The quantitative estimate of drug-likeness (QED) is 0.641. The zero-order chi connectivity index (χ0) is 17.3. The highest BCUT2D eigenvalue weighted by molar-refractivity contribution is 5.98. The third-order valence-corrected chi connectivity index (χ3v) is 3.73. The zero-order valence-corrected chi connectivity index (χ0v) is 13.8. The van der Waals surface area contributed by atoms with Crippen LogP contribution in [0.15, 0.2) is 30.3 Å². The van der Waals surface area contributed by atoms with Crippen LogP contribution in [0.2, 0.25) is 0 Å². The Labute approximate surface area is 139 Å². The molecule has 2 aromatic heterocycles. The molecule has 24 heavy (non-hydrogen) atoms. The predicted octanol–water partition coefficient (Wildman–Crippen LogP) is 1.75. The van der Waals surface area contributed by atoms with Crippen LogP contribution in [0, 0.1) is 20.8 Å². The lowest BCUT2D eigenvalue weighted by molar-refractivity contribution is -0.122. The van der Waals surface area contributed by atoms with Gasteiger partial charge in [0.2, 0.25) is 0 Å². The lowest BCUT2D eigenvalue weighted by Crippen LogP contribution is -2.43. The van der Waals surface area contributed by atoms with Gasteiger partial charge >= 0.3 is 0 Å². The molecule has 0 atom stereocenters. The normalized spacial score (nSPS) is 10.8. The van der Waals surface area contributed by atoms with Crippen LogP contribution in [0.4, 0.5) is 0 Å². The molecule has 0 aliphatic rings. The molecule has 0 saturated heterocycles. The standard InChI is InChI=1S/C17H19N5O2/c1-10-4-5-13-8-15(18-14(13)6-10)17(24)20-19-16(23)9-22-12(3)7-11(2)21-22/h4-8,18H,9H2,1-3H3,(H,19,23)(H,20,24). The lowest BCUT2D eigenvalue weighted by atomic mass is 10.2. The average Bonchev–Trinajstić information content (AvgIpc) is 3.07. The largest absolute Gasteiger partial charge is 0.350 e. The minimum atomic E-state index is -0.398. The third-order valence-electron chi connectivity index (χ3n) is 3.73. The van der Waals surface area contributed by atoms with Crippen LogP contribution in [-0.2, 0) is 11.3 Å². The number of carbonyl (C=O) groups excluding carboxylic acids is 2. The number of nitrogens with zero attached hydrogens (tertiary/aromatic N) is 2. The summed E-state index contributed by atoms with van der Waals surface area (Å²) >= 11 is 0. The Morgan fingerprint density at radius 2 is 1.92 bits per heavy atom. The molecule has 7 nitrogen and oxygen atoms in total. The Morgan fingerprint density at radius 3 is 2.62 bits per heavy atom. The van der Waals surface area contributed by atoms with E-state index < -0.39 is 5.91 Å². The number of hydrazine groups is 1. The molecule has 0 bridgehead atoms. The second kappa shape index (κ2) is 6.19. The van der Waals surface area contributed by atoms with Crippen molar-refractivity contribution in [1.82, 2.24) is 25.6 Å². The fraction of sp³-hybridized carbons (Fsp3) is 0.235. The Hall–Kier alpha value is -3.09. The van der Waals surface area contributed by atoms with Crippen molar-refractivity contribution in [2.24, 2.45) is 0 Å². The van der Waals surface area contributed by atoms with Gasteiger partial charge in [-0.05, 0) is 44.5 Å². The van der Waals surface area contributed by atoms with Gasteiger partial charge in [0.15, 0.2) is 0 Å². The number of H-pyrrole nitrogens is 1. The van der Waals surface area contributed by atoms with E-state index in [2.05, 4.69) is 20.9 Å². The Morgan fingerprint density at radius 1 is 1.12 bits per heavy atom. The first-order valence-corrected chi connectivity index (χ1v) is 7.62. The Bertz CT molecular complexity index is 922. The second-order valence-corrected chi connectivity index (χ2v) is 5.86. The van der Waals surface area contributed by atoms with Crippen LogP contribution in [0.1, 0.15) is 27.4 Å². The number of fused-ring (bicyclic) bond motifs is 1. The molecule has 0 radical (unpaired) electrons. The first-order chi connectivity index (χ1) is 11.4. The van der Waals surface area contributed by atoms with Gasteiger partial charge in [0.25, 0.3) is 11.8 Å². The van der Waals surface area contributed by atoms with Crippen LogP contribution in [0.25, 0.3) is 10.9 Å². The number of carbonyl (C=O) groups is 2. The minimum Gasteiger partial charge on any atom is -0.350 e. The maximum Gasteiger partial charge on any atom is 0.286 e. The molecular formula is C17H19N5O2. The minimum absolute atomic E-state index is 0.0475. The van der Waals surface area contributed by atoms with Gasteiger partial charge in [0.05, 0.1) is 5.69 Å². The van der Waals surface area contributed by atoms with Crippen LogP contribution in [0.5, 0.6) is 0 Å². The maximum atomic E-state index is 12.1. The monoisotopic (exact) mass is 325 g/mol. The molecule has 0 aliphatic carbocycles. The van der Waals surface area contributed by atoms with E-state index >= 15 is 0 Å². The Balaban J connectivity index is 1.61. The molecule has 3 aromatic rings. The van der Waals surface area contributed by atoms with Gasteiger partial charge in [0, 0.05) is 16.6 Å². The van der Waals surface area contributed by atoms with Crippen LogP contribution >= 0.6 is 0 Å². The summed E-state index contributed by atoms with van der Waals surface area (Å²) in [4.78, 5) is 27.1. The van der Waals surface area contributed by atoms with Crippen molar-refractivity contribution in [2.75, 3.05) is 0 Å². The highest BCUT2D eigenvalue weighted by Crippen LogP contribution is 2.16. The SMILES string of the molecule is Cc1ccc2cc(C(=O)NNC(=O)Cn3nc(C)cc3C)[nH]c2c1. The summed E-state index contributed by atoms with van der Waals surface area (Å²) in [5.74, 6) is -0.743. The van der Waals surface area contributed by atoms with E-state index in [1.807, 2.05) is 45.0 Å². The van der Waals surface area contributed by atoms with Crippen molar-refractivity contribution in [1.29, 1.82) is 0 Å². The molecule has 1 aromatic carbocycles. The number of aryl methyl sites for hydroxylation is 3. The molecule has 0 spiro atoms. The topological polar surface area (TPSA) is 91.8 Å². The molecule has 3 N–H and O–H groups in total. The number of nitrogens with one attached hydrogen (secondary N) is 3. The van der Waals surface area contributed by atoms with Gasteiger partial charge < -0.3 is 4.98 Å². The van der Waals surface area contributed by atoms with Gasteiger partial charge in [-0.2, -0.15) is 5.10 Å². The molecule has 0 fully saturated rings. The number of aromatic nitrogens is 3. The van der Waals surface area contributed by atoms with Gasteiger partial charge in [-0.3, -0.25) is 25.1 Å². The number of rotatable bonds is 3. The van der Waals surface area contributed by atoms with E-state index in [1.165, 1.54) is 0 Å². The molecule has 2 amide bonds. The molecule has 124 valence electrons. The molecule has 0 unspecified atom stereocenters. The highest BCUT2D eigenvalue weighted by Gasteiger charge is 2.12. The molecule has 0 saturated carbocycles. The van der Waals surface area contributed by atoms with Crippen molar-refractivity contribution in [2.45, 2.75) is 27.3 Å². The molecule has 7 heteroatoms. The van der Waals surface area contributed by atoms with Crippen molar-refractivity contribution in [3.05, 3.63) is 53.0 Å². The van der Waals surface area contributed by atoms with Gasteiger partial charge in [-0.25, -0.2) is 0 Å². The van der Waals surface area contributed by atoms with Crippen LogP contribution < -0.4 is 10.9 Å². The van der Waals surface area contributed by atoms with E-state index in [1.54, 1.807) is 10.7 Å². The lowest BCUT2D eigenvalue weighted by Gasteiger charge is -2.07. The fourth-order valence-corrected chi connectivity index (χ4v) is 2.57. The molecule has 3 rings (SSSR count). The van der Waals surface area contributed by atoms with Crippen LogP contribution in [0.3, 0.4) is 0 Å². The average molecular weight is 325 g/mol. The summed E-state index contributed by atoms with van der Waals surface area (Å²) in [5, 5.41) is 5.15. The summed E-state index contributed by atoms with van der Waals surface area (Å²) in [7, 11) is 0. The Kier molecular flexibility index (Phi) is 4.07. The maximum absolute atomic E-state index is 12.1. The zero-order valence-electron chi connectivity index (χ0n) is 13.8. The van der Waals surface area contributed by atoms with E-state index in [9.17, 15) is 9.59 Å². The number of hydrogen-bond donors (Lipinski definition) is 3. The highest BCUT2D eigenvalue weighted by atomic mass is 16.2. The summed E-state index contributed by atoms with van der Waals surface area (Å²) in [5.41, 5.74) is 8.93. The smallest absolute Gasteiger partial charge is 0.286 e.